The zero-order valence-corrected chi connectivity index (χ0v) is 17.7. The van der Waals surface area contributed by atoms with E-state index in [2.05, 4.69) is 9.97 Å². The van der Waals surface area contributed by atoms with Gasteiger partial charge in [-0.1, -0.05) is 6.07 Å². The smallest absolute Gasteiger partial charge is 0.416 e. The van der Waals surface area contributed by atoms with Crippen molar-refractivity contribution < 1.29 is 32.2 Å². The van der Waals surface area contributed by atoms with E-state index in [1.54, 1.807) is 6.92 Å². The number of nitrogens with zero attached hydrogens (tertiary/aromatic N) is 4. The number of methoxy groups -OCH3 is 1. The number of alkyl halides is 3. The molecular weight excluding hydrogens is 445 g/mol. The van der Waals surface area contributed by atoms with Gasteiger partial charge in [0, 0.05) is 12.1 Å². The van der Waals surface area contributed by atoms with Crippen LogP contribution in [0.5, 0.6) is 5.88 Å². The summed E-state index contributed by atoms with van der Waals surface area (Å²) in [7, 11) is 1.06. The molecule has 1 aromatic heterocycles. The first-order valence-electron chi connectivity index (χ1n) is 9.56. The number of nitriles is 1. The number of ether oxygens (including phenoxy) is 2. The van der Waals surface area contributed by atoms with Gasteiger partial charge in [-0.05, 0) is 31.5 Å². The molecule has 1 aromatic carbocycles. The number of amides is 1. The molecule has 0 saturated heterocycles. The predicted octanol–water partition coefficient (Wildman–Crippen LogP) is 2.29. The third kappa shape index (κ3) is 6.00. The Kier molecular flexibility index (Phi) is 8.00. The van der Waals surface area contributed by atoms with Crippen molar-refractivity contribution in [3.8, 4) is 11.9 Å². The molecule has 4 N–H and O–H groups in total. The minimum absolute atomic E-state index is 0.0935. The summed E-state index contributed by atoms with van der Waals surface area (Å²) in [6.45, 7) is 1.71. The van der Waals surface area contributed by atoms with Gasteiger partial charge in [-0.3, -0.25) is 4.79 Å². The number of nitrogen functional groups attached to an aromatic ring is 1. The molecule has 176 valence electrons. The number of anilines is 3. The first-order chi connectivity index (χ1) is 15.5. The van der Waals surface area contributed by atoms with Gasteiger partial charge >= 0.3 is 12.1 Å². The maximum absolute atomic E-state index is 13.4. The molecule has 0 aliphatic rings. The number of esters is 1. The molecule has 0 spiro atoms. The Morgan fingerprint density at radius 2 is 2.00 bits per heavy atom. The van der Waals surface area contributed by atoms with E-state index >= 15 is 0 Å². The van der Waals surface area contributed by atoms with Crippen LogP contribution in [0.3, 0.4) is 0 Å². The first-order valence-corrected chi connectivity index (χ1v) is 9.56. The van der Waals surface area contributed by atoms with E-state index in [0.717, 1.165) is 30.2 Å². The number of primary amides is 1. The second kappa shape index (κ2) is 10.5. The number of halogens is 3. The van der Waals surface area contributed by atoms with Gasteiger partial charge < -0.3 is 25.8 Å². The molecule has 2 rings (SSSR count). The van der Waals surface area contributed by atoms with Gasteiger partial charge in [0.25, 0.3) is 0 Å². The molecule has 1 amide bonds. The van der Waals surface area contributed by atoms with E-state index in [1.165, 1.54) is 6.07 Å². The molecule has 0 aliphatic carbocycles. The molecule has 0 saturated carbocycles. The van der Waals surface area contributed by atoms with Crippen molar-refractivity contribution in [3.63, 3.8) is 0 Å². The minimum Gasteiger partial charge on any atom is -0.477 e. The lowest BCUT2D eigenvalue weighted by molar-refractivity contribution is -0.142. The average Bonchev–Trinajstić information content (AvgIpc) is 2.75. The van der Waals surface area contributed by atoms with Crippen LogP contribution in [-0.4, -0.2) is 41.6 Å². The molecule has 0 bridgehead atoms. The molecule has 13 heteroatoms. The van der Waals surface area contributed by atoms with Crippen LogP contribution in [0.25, 0.3) is 0 Å². The summed E-state index contributed by atoms with van der Waals surface area (Å²) in [5, 5.41) is 9.74. The van der Waals surface area contributed by atoms with Crippen LogP contribution in [0, 0.1) is 11.3 Å². The van der Waals surface area contributed by atoms with E-state index in [0.29, 0.717) is 0 Å². The fraction of sp³-hybridized carbons (Fsp3) is 0.350. The monoisotopic (exact) mass is 466 g/mol. The maximum atomic E-state index is 13.4. The minimum atomic E-state index is -4.70. The zero-order valence-electron chi connectivity index (χ0n) is 17.7. The van der Waals surface area contributed by atoms with Crippen LogP contribution in [0.1, 0.15) is 30.9 Å². The topological polar surface area (TPSA) is 157 Å². The number of benzene rings is 1. The Hall–Kier alpha value is -4.08. The highest BCUT2D eigenvalue weighted by Crippen LogP contribution is 2.38. The fourth-order valence-electron chi connectivity index (χ4n) is 3.01. The predicted molar refractivity (Wildman–Crippen MR) is 110 cm³/mol. The lowest BCUT2D eigenvalue weighted by Crippen LogP contribution is -2.41. The van der Waals surface area contributed by atoms with Gasteiger partial charge in [0.15, 0.2) is 11.4 Å². The van der Waals surface area contributed by atoms with Gasteiger partial charge in [-0.2, -0.15) is 28.4 Å². The Labute approximate surface area is 186 Å². The van der Waals surface area contributed by atoms with Crippen LogP contribution >= 0.6 is 0 Å². The third-order valence-corrected chi connectivity index (χ3v) is 4.40. The molecule has 2 aromatic rings. The lowest BCUT2D eigenvalue weighted by atomic mass is 10.1. The Balaban J connectivity index is 2.85. The standard InChI is InChI=1S/C20H21F3N6O4/c1-3-33-17-13(10-24)16(27-19(26)28-17)29(14(18(31)32-2)7-8-15(25)30)12-6-4-5-11(9-12)20(21,22)23/h4-6,9,14H,3,7-8H2,1-2H3,(H2,25,30)(H2,26,27,28)/t14-/m0/s1. The van der Waals surface area contributed by atoms with Gasteiger partial charge in [-0.25, -0.2) is 4.79 Å². The molecule has 0 unspecified atom stereocenters. The van der Waals surface area contributed by atoms with Crippen molar-refractivity contribution >= 4 is 29.3 Å². The van der Waals surface area contributed by atoms with Crippen molar-refractivity contribution in [1.82, 2.24) is 9.97 Å². The molecular formula is C20H21F3N6O4. The van der Waals surface area contributed by atoms with Crippen molar-refractivity contribution in [2.75, 3.05) is 24.4 Å². The Morgan fingerprint density at radius 1 is 1.30 bits per heavy atom. The summed E-state index contributed by atoms with van der Waals surface area (Å²) in [6.07, 6.45) is -5.26. The maximum Gasteiger partial charge on any atom is 0.416 e. The van der Waals surface area contributed by atoms with E-state index in [4.69, 9.17) is 20.9 Å². The van der Waals surface area contributed by atoms with Gasteiger partial charge in [0.1, 0.15) is 12.1 Å². The summed E-state index contributed by atoms with van der Waals surface area (Å²) in [5.41, 5.74) is 9.49. The number of rotatable bonds is 9. The molecule has 0 radical (unpaired) electrons. The van der Waals surface area contributed by atoms with Crippen LogP contribution < -0.4 is 21.1 Å². The summed E-state index contributed by atoms with van der Waals surface area (Å²) >= 11 is 0. The molecule has 1 heterocycles. The summed E-state index contributed by atoms with van der Waals surface area (Å²) in [5.74, 6) is -2.55. The third-order valence-electron chi connectivity index (χ3n) is 4.40. The van der Waals surface area contributed by atoms with E-state index in [1.807, 2.05) is 6.07 Å². The number of carbonyl (C=O) groups is 2. The number of hydrogen-bond acceptors (Lipinski definition) is 9. The zero-order chi connectivity index (χ0) is 24.8. The molecule has 0 fully saturated rings. The highest BCUT2D eigenvalue weighted by Gasteiger charge is 2.36. The summed E-state index contributed by atoms with van der Waals surface area (Å²) < 4.78 is 50.3. The molecule has 10 nitrogen and oxygen atoms in total. The lowest BCUT2D eigenvalue weighted by Gasteiger charge is -2.32. The van der Waals surface area contributed by atoms with Crippen LogP contribution in [-0.2, 0) is 20.5 Å². The van der Waals surface area contributed by atoms with Gasteiger partial charge in [0.2, 0.25) is 17.7 Å². The SMILES string of the molecule is CCOc1nc(N)nc(N(c2cccc(C(F)(F)F)c2)[C@@H](CCC(N)=O)C(=O)OC)c1C#N. The van der Waals surface area contributed by atoms with E-state index < -0.39 is 29.7 Å². The number of carbonyl (C=O) groups excluding carboxylic acids is 2. The van der Waals surface area contributed by atoms with Crippen molar-refractivity contribution in [2.24, 2.45) is 5.73 Å². The van der Waals surface area contributed by atoms with Crippen molar-refractivity contribution in [1.29, 1.82) is 5.26 Å². The van der Waals surface area contributed by atoms with Crippen LogP contribution in [0.2, 0.25) is 0 Å². The normalized spacial score (nSPS) is 11.9. The van der Waals surface area contributed by atoms with Crippen molar-refractivity contribution in [3.05, 3.63) is 35.4 Å². The quantitative estimate of drug-likeness (QED) is 0.529. The van der Waals surface area contributed by atoms with Crippen LogP contribution in [0.4, 0.5) is 30.6 Å². The highest BCUT2D eigenvalue weighted by atomic mass is 19.4. The number of hydrogen-bond donors (Lipinski definition) is 2. The number of aromatic nitrogens is 2. The largest absolute Gasteiger partial charge is 0.477 e. The average molecular weight is 466 g/mol. The van der Waals surface area contributed by atoms with Gasteiger partial charge in [0.05, 0.1) is 19.3 Å². The first kappa shape index (κ1) is 25.2. The highest BCUT2D eigenvalue weighted by molar-refractivity contribution is 5.86. The summed E-state index contributed by atoms with van der Waals surface area (Å²) in [6, 6.07) is 4.44. The van der Waals surface area contributed by atoms with E-state index in [9.17, 15) is 28.0 Å². The van der Waals surface area contributed by atoms with Gasteiger partial charge in [-0.15, -0.1) is 0 Å². The van der Waals surface area contributed by atoms with Crippen LogP contribution in [0.15, 0.2) is 24.3 Å². The second-order valence-electron chi connectivity index (χ2n) is 6.59. The second-order valence-corrected chi connectivity index (χ2v) is 6.59. The fourth-order valence-corrected chi connectivity index (χ4v) is 3.01. The molecule has 1 atom stereocenters. The van der Waals surface area contributed by atoms with E-state index in [-0.39, 0.29) is 48.3 Å². The Bertz CT molecular complexity index is 1070. The molecule has 33 heavy (non-hydrogen) atoms. The van der Waals surface area contributed by atoms with Crippen molar-refractivity contribution in [2.45, 2.75) is 32.0 Å². The molecule has 0 aliphatic heterocycles. The summed E-state index contributed by atoms with van der Waals surface area (Å²) in [4.78, 5) is 32.9. The Morgan fingerprint density at radius 3 is 2.55 bits per heavy atom. The number of nitrogens with two attached hydrogens (primary N) is 2.